The minimum absolute atomic E-state index is 0.0761. The van der Waals surface area contributed by atoms with Crippen LogP contribution in [0.25, 0.3) is 0 Å². The molecule has 3 N–H and O–H groups in total. The van der Waals surface area contributed by atoms with Crippen molar-refractivity contribution in [3.05, 3.63) is 0 Å². The predicted molar refractivity (Wildman–Crippen MR) is 59.2 cm³/mol. The fourth-order valence-electron chi connectivity index (χ4n) is 2.07. The summed E-state index contributed by atoms with van der Waals surface area (Å²) < 4.78 is 0. The largest absolute Gasteiger partial charge is 0.392 e. The van der Waals surface area contributed by atoms with Crippen LogP contribution in [0.4, 0.5) is 0 Å². The number of aliphatic hydroxyl groups is 1. The Morgan fingerprint density at radius 1 is 1.21 bits per heavy atom. The number of β-amino-alcohol motifs (C(OH)–C–C–N with tert-alkyl or cyclic N) is 1. The van der Waals surface area contributed by atoms with Gasteiger partial charge in [0.2, 0.25) is 0 Å². The van der Waals surface area contributed by atoms with Crippen LogP contribution in [0.3, 0.4) is 0 Å². The summed E-state index contributed by atoms with van der Waals surface area (Å²) in [6, 6.07) is 0. The maximum absolute atomic E-state index is 9.46. The molecule has 0 aromatic heterocycles. The highest BCUT2D eigenvalue weighted by Crippen LogP contribution is 2.11. The van der Waals surface area contributed by atoms with Crippen molar-refractivity contribution in [3.63, 3.8) is 0 Å². The Balaban J connectivity index is 1.95. The summed E-state index contributed by atoms with van der Waals surface area (Å²) in [6.07, 6.45) is 7.02. The molecule has 1 atom stereocenters. The van der Waals surface area contributed by atoms with Gasteiger partial charge in [-0.1, -0.05) is 12.8 Å². The predicted octanol–water partition coefficient (Wildman–Crippen LogP) is 0.962. The van der Waals surface area contributed by atoms with Crippen LogP contribution in [0.2, 0.25) is 0 Å². The van der Waals surface area contributed by atoms with Gasteiger partial charge < -0.3 is 15.7 Å². The summed E-state index contributed by atoms with van der Waals surface area (Å²) in [5.74, 6) is 0. The number of rotatable bonds is 6. The van der Waals surface area contributed by atoms with Crippen molar-refractivity contribution in [3.8, 4) is 0 Å². The summed E-state index contributed by atoms with van der Waals surface area (Å²) in [7, 11) is 0. The lowest BCUT2D eigenvalue weighted by molar-refractivity contribution is 0.0698. The minimum atomic E-state index is -0.0761. The van der Waals surface area contributed by atoms with Gasteiger partial charge in [-0.25, -0.2) is 0 Å². The Labute approximate surface area is 87.3 Å². The molecule has 0 amide bonds. The molecule has 0 saturated carbocycles. The second kappa shape index (κ2) is 7.21. The Bertz CT molecular complexity index is 141. The van der Waals surface area contributed by atoms with Gasteiger partial charge in [-0.3, -0.25) is 0 Å². The maximum atomic E-state index is 9.46. The van der Waals surface area contributed by atoms with E-state index in [0.29, 0.717) is 0 Å². The third kappa shape index (κ3) is 4.94. The van der Waals surface area contributed by atoms with Gasteiger partial charge in [-0.2, -0.15) is 0 Å². The molecule has 0 aromatic rings. The molecule has 3 nitrogen and oxygen atoms in total. The molecule has 0 aliphatic carbocycles. The first-order valence-electron chi connectivity index (χ1n) is 5.93. The van der Waals surface area contributed by atoms with Crippen molar-refractivity contribution >= 4 is 0 Å². The lowest BCUT2D eigenvalue weighted by atomic mass is 10.1. The van der Waals surface area contributed by atoms with Gasteiger partial charge in [0.1, 0.15) is 0 Å². The molecule has 14 heavy (non-hydrogen) atoms. The lowest BCUT2D eigenvalue weighted by Gasteiger charge is -2.29. The number of nitrogens with two attached hydrogens (primary N) is 1. The van der Waals surface area contributed by atoms with Crippen molar-refractivity contribution in [2.24, 2.45) is 5.73 Å². The molecule has 1 aliphatic heterocycles. The molecule has 1 aliphatic rings. The molecular formula is C11H24N2O. The molecule has 0 aromatic carbocycles. The van der Waals surface area contributed by atoms with Crippen LogP contribution >= 0.6 is 0 Å². The van der Waals surface area contributed by atoms with Crippen molar-refractivity contribution in [1.82, 2.24) is 4.90 Å². The SMILES string of the molecule is NCCCCCCN1CCCC(O)C1. The van der Waals surface area contributed by atoms with Crippen LogP contribution in [0.1, 0.15) is 38.5 Å². The second-order valence-electron chi connectivity index (χ2n) is 4.30. The van der Waals surface area contributed by atoms with Crippen molar-refractivity contribution in [1.29, 1.82) is 0 Å². The standard InChI is InChI=1S/C11H24N2O/c12-7-3-1-2-4-8-13-9-5-6-11(14)10-13/h11,14H,1-10,12H2. The number of likely N-dealkylation sites (tertiary alicyclic amines) is 1. The van der Waals surface area contributed by atoms with Crippen LogP contribution in [0, 0.1) is 0 Å². The zero-order valence-corrected chi connectivity index (χ0v) is 9.12. The van der Waals surface area contributed by atoms with E-state index in [9.17, 15) is 5.11 Å². The summed E-state index contributed by atoms with van der Waals surface area (Å²) in [5, 5.41) is 9.46. The topological polar surface area (TPSA) is 49.5 Å². The first-order valence-corrected chi connectivity index (χ1v) is 5.93. The molecule has 1 unspecified atom stereocenters. The Hall–Kier alpha value is -0.120. The molecule has 1 fully saturated rings. The average molecular weight is 200 g/mol. The Morgan fingerprint density at radius 3 is 2.71 bits per heavy atom. The number of piperidine rings is 1. The molecule has 3 heteroatoms. The Kier molecular flexibility index (Phi) is 6.15. The lowest BCUT2D eigenvalue weighted by Crippen LogP contribution is -2.38. The summed E-state index contributed by atoms with van der Waals surface area (Å²) in [4.78, 5) is 2.39. The third-order valence-electron chi connectivity index (χ3n) is 2.91. The Morgan fingerprint density at radius 2 is 2.00 bits per heavy atom. The molecule has 1 heterocycles. The molecule has 1 rings (SSSR count). The molecule has 0 bridgehead atoms. The van der Waals surface area contributed by atoms with E-state index in [0.717, 1.165) is 38.9 Å². The second-order valence-corrected chi connectivity index (χ2v) is 4.30. The minimum Gasteiger partial charge on any atom is -0.392 e. The van der Waals surface area contributed by atoms with E-state index in [1.54, 1.807) is 0 Å². The average Bonchev–Trinajstić information content (AvgIpc) is 2.18. The van der Waals surface area contributed by atoms with Gasteiger partial charge in [0.15, 0.2) is 0 Å². The zero-order chi connectivity index (χ0) is 10.2. The van der Waals surface area contributed by atoms with Gasteiger partial charge in [0.05, 0.1) is 6.10 Å². The number of aliphatic hydroxyl groups excluding tert-OH is 1. The van der Waals surface area contributed by atoms with Crippen LogP contribution in [-0.2, 0) is 0 Å². The smallest absolute Gasteiger partial charge is 0.0667 e. The monoisotopic (exact) mass is 200 g/mol. The molecule has 1 saturated heterocycles. The van der Waals surface area contributed by atoms with E-state index in [-0.39, 0.29) is 6.10 Å². The zero-order valence-electron chi connectivity index (χ0n) is 9.12. The summed E-state index contributed by atoms with van der Waals surface area (Å²) >= 11 is 0. The van der Waals surface area contributed by atoms with Gasteiger partial charge in [0, 0.05) is 6.54 Å². The van der Waals surface area contributed by atoms with E-state index in [4.69, 9.17) is 5.73 Å². The van der Waals surface area contributed by atoms with E-state index >= 15 is 0 Å². The van der Waals surface area contributed by atoms with Crippen molar-refractivity contribution in [2.45, 2.75) is 44.6 Å². The van der Waals surface area contributed by atoms with Crippen molar-refractivity contribution < 1.29 is 5.11 Å². The molecule has 0 spiro atoms. The van der Waals surface area contributed by atoms with Gasteiger partial charge in [-0.15, -0.1) is 0 Å². The molecular weight excluding hydrogens is 176 g/mol. The molecule has 84 valence electrons. The summed E-state index contributed by atoms with van der Waals surface area (Å²) in [5.41, 5.74) is 5.43. The van der Waals surface area contributed by atoms with Crippen LogP contribution in [0.5, 0.6) is 0 Å². The van der Waals surface area contributed by atoms with E-state index < -0.39 is 0 Å². The van der Waals surface area contributed by atoms with Crippen LogP contribution < -0.4 is 5.73 Å². The van der Waals surface area contributed by atoms with Crippen LogP contribution in [-0.4, -0.2) is 42.3 Å². The molecule has 0 radical (unpaired) electrons. The van der Waals surface area contributed by atoms with Gasteiger partial charge >= 0.3 is 0 Å². The van der Waals surface area contributed by atoms with E-state index in [1.807, 2.05) is 0 Å². The summed E-state index contributed by atoms with van der Waals surface area (Å²) in [6.45, 7) is 4.04. The van der Waals surface area contributed by atoms with Gasteiger partial charge in [-0.05, 0) is 45.3 Å². The number of unbranched alkanes of at least 4 members (excludes halogenated alkanes) is 3. The maximum Gasteiger partial charge on any atom is 0.0667 e. The highest BCUT2D eigenvalue weighted by atomic mass is 16.3. The first kappa shape index (κ1) is 12.0. The number of nitrogens with zero attached hydrogens (tertiary/aromatic N) is 1. The van der Waals surface area contributed by atoms with Crippen LogP contribution in [0.15, 0.2) is 0 Å². The highest BCUT2D eigenvalue weighted by Gasteiger charge is 2.16. The number of hydrogen-bond donors (Lipinski definition) is 2. The van der Waals surface area contributed by atoms with E-state index in [2.05, 4.69) is 4.90 Å². The highest BCUT2D eigenvalue weighted by molar-refractivity contribution is 4.71. The normalized spacial score (nSPS) is 24.0. The number of hydrogen-bond acceptors (Lipinski definition) is 3. The first-order chi connectivity index (χ1) is 6.83. The quantitative estimate of drug-likeness (QED) is 0.628. The van der Waals surface area contributed by atoms with E-state index in [1.165, 1.54) is 25.8 Å². The fraction of sp³-hybridized carbons (Fsp3) is 1.00. The van der Waals surface area contributed by atoms with Crippen molar-refractivity contribution in [2.75, 3.05) is 26.2 Å². The van der Waals surface area contributed by atoms with Gasteiger partial charge in [0.25, 0.3) is 0 Å². The fourth-order valence-corrected chi connectivity index (χ4v) is 2.07. The third-order valence-corrected chi connectivity index (χ3v) is 2.91.